The van der Waals surface area contributed by atoms with Crippen LogP contribution in [0.25, 0.3) is 0 Å². The molecule has 2 aliphatic rings. The summed E-state index contributed by atoms with van der Waals surface area (Å²) in [5, 5.41) is 12.4. The Kier molecular flexibility index (Phi) is 5.76. The lowest BCUT2D eigenvalue weighted by atomic mass is 10.2. The molecule has 0 aliphatic carbocycles. The molecule has 0 aromatic rings. The molecule has 0 amide bonds. The SMILES string of the molecule is CC1COC(CO)CN1S(=O)(=O)CCN1CCNCC1. The molecule has 2 rings (SSSR count). The first kappa shape index (κ1) is 16.1. The molecule has 2 unspecified atom stereocenters. The Morgan fingerprint density at radius 1 is 1.35 bits per heavy atom. The second-order valence-corrected chi connectivity index (χ2v) is 7.51. The van der Waals surface area contributed by atoms with Gasteiger partial charge >= 0.3 is 0 Å². The predicted octanol–water partition coefficient (Wildman–Crippen LogP) is -1.70. The quantitative estimate of drug-likeness (QED) is 0.630. The van der Waals surface area contributed by atoms with E-state index in [9.17, 15) is 8.42 Å². The molecule has 118 valence electrons. The topological polar surface area (TPSA) is 82.1 Å². The van der Waals surface area contributed by atoms with Crippen LogP contribution >= 0.6 is 0 Å². The van der Waals surface area contributed by atoms with Gasteiger partial charge in [0.1, 0.15) is 0 Å². The third-order valence-corrected chi connectivity index (χ3v) is 5.81. The van der Waals surface area contributed by atoms with Crippen LogP contribution in [0, 0.1) is 0 Å². The van der Waals surface area contributed by atoms with Crippen LogP contribution in [-0.4, -0.2) is 93.1 Å². The van der Waals surface area contributed by atoms with Gasteiger partial charge in [-0.2, -0.15) is 4.31 Å². The number of piperazine rings is 1. The normalized spacial score (nSPS) is 30.5. The van der Waals surface area contributed by atoms with Crippen molar-refractivity contribution in [2.45, 2.75) is 19.1 Å². The van der Waals surface area contributed by atoms with E-state index in [0.29, 0.717) is 13.2 Å². The molecule has 0 saturated carbocycles. The van der Waals surface area contributed by atoms with Crippen molar-refractivity contribution in [1.82, 2.24) is 14.5 Å². The number of aliphatic hydroxyl groups excluding tert-OH is 1. The average Bonchev–Trinajstić information content (AvgIpc) is 2.47. The van der Waals surface area contributed by atoms with Gasteiger partial charge in [0, 0.05) is 45.3 Å². The summed E-state index contributed by atoms with van der Waals surface area (Å²) in [5.41, 5.74) is 0. The minimum atomic E-state index is -3.29. The van der Waals surface area contributed by atoms with E-state index in [-0.39, 0.29) is 24.9 Å². The number of aliphatic hydroxyl groups is 1. The standard InChI is InChI=1S/C12H25N3O4S/c1-11-10-19-12(9-16)8-15(11)20(17,18)7-6-14-4-2-13-3-5-14/h11-13,16H,2-10H2,1H3. The maximum atomic E-state index is 12.4. The summed E-state index contributed by atoms with van der Waals surface area (Å²) in [4.78, 5) is 2.17. The maximum absolute atomic E-state index is 12.4. The molecule has 2 fully saturated rings. The molecule has 0 aromatic heterocycles. The summed E-state index contributed by atoms with van der Waals surface area (Å²) in [6.45, 7) is 6.49. The fourth-order valence-corrected chi connectivity index (χ4v) is 4.31. The molecule has 2 aliphatic heterocycles. The lowest BCUT2D eigenvalue weighted by Crippen LogP contribution is -2.53. The first-order valence-electron chi connectivity index (χ1n) is 7.18. The Bertz CT molecular complexity index is 398. The maximum Gasteiger partial charge on any atom is 0.215 e. The van der Waals surface area contributed by atoms with E-state index < -0.39 is 16.1 Å². The molecule has 2 N–H and O–H groups in total. The third-order valence-electron chi connectivity index (χ3n) is 3.88. The number of ether oxygens (including phenoxy) is 1. The molecular formula is C12H25N3O4S. The average molecular weight is 307 g/mol. The van der Waals surface area contributed by atoms with Crippen molar-refractivity contribution in [3.05, 3.63) is 0 Å². The number of rotatable bonds is 5. The highest BCUT2D eigenvalue weighted by molar-refractivity contribution is 7.89. The largest absolute Gasteiger partial charge is 0.394 e. The van der Waals surface area contributed by atoms with Gasteiger partial charge < -0.3 is 15.2 Å². The van der Waals surface area contributed by atoms with Crippen molar-refractivity contribution in [1.29, 1.82) is 0 Å². The molecule has 2 heterocycles. The second kappa shape index (κ2) is 7.15. The van der Waals surface area contributed by atoms with E-state index in [0.717, 1.165) is 26.2 Å². The van der Waals surface area contributed by atoms with Gasteiger partial charge in [0.15, 0.2) is 0 Å². The van der Waals surface area contributed by atoms with E-state index in [1.807, 2.05) is 6.92 Å². The van der Waals surface area contributed by atoms with Crippen LogP contribution in [0.1, 0.15) is 6.92 Å². The summed E-state index contributed by atoms with van der Waals surface area (Å²) >= 11 is 0. The van der Waals surface area contributed by atoms with Crippen LogP contribution in [0.5, 0.6) is 0 Å². The lowest BCUT2D eigenvalue weighted by Gasteiger charge is -2.37. The summed E-state index contributed by atoms with van der Waals surface area (Å²) in [6, 6.07) is -0.161. The Hall–Kier alpha value is -0.250. The van der Waals surface area contributed by atoms with Crippen molar-refractivity contribution < 1.29 is 18.3 Å². The highest BCUT2D eigenvalue weighted by Crippen LogP contribution is 2.16. The lowest BCUT2D eigenvalue weighted by molar-refractivity contribution is -0.0516. The van der Waals surface area contributed by atoms with Gasteiger partial charge in [-0.1, -0.05) is 0 Å². The van der Waals surface area contributed by atoms with E-state index in [1.165, 1.54) is 4.31 Å². The number of hydrogen-bond donors (Lipinski definition) is 2. The van der Waals surface area contributed by atoms with Crippen molar-refractivity contribution in [3.8, 4) is 0 Å². The third kappa shape index (κ3) is 4.12. The first-order chi connectivity index (χ1) is 9.53. The minimum Gasteiger partial charge on any atom is -0.394 e. The molecule has 0 spiro atoms. The molecule has 20 heavy (non-hydrogen) atoms. The summed E-state index contributed by atoms with van der Waals surface area (Å²) < 4.78 is 31.8. The van der Waals surface area contributed by atoms with Gasteiger partial charge in [-0.15, -0.1) is 0 Å². The minimum absolute atomic E-state index is 0.134. The number of nitrogens with one attached hydrogen (secondary N) is 1. The number of sulfonamides is 1. The molecule has 0 bridgehead atoms. The molecule has 8 heteroatoms. The zero-order chi connectivity index (χ0) is 14.6. The molecule has 7 nitrogen and oxygen atoms in total. The molecule has 2 saturated heterocycles. The highest BCUT2D eigenvalue weighted by atomic mass is 32.2. The van der Waals surface area contributed by atoms with Crippen molar-refractivity contribution in [2.75, 3.05) is 58.2 Å². The highest BCUT2D eigenvalue weighted by Gasteiger charge is 2.34. The molecule has 0 radical (unpaired) electrons. The van der Waals surface area contributed by atoms with Crippen molar-refractivity contribution in [2.24, 2.45) is 0 Å². The monoisotopic (exact) mass is 307 g/mol. The fraction of sp³-hybridized carbons (Fsp3) is 1.00. The second-order valence-electron chi connectivity index (χ2n) is 5.46. The first-order valence-corrected chi connectivity index (χ1v) is 8.79. The number of morpholine rings is 1. The van der Waals surface area contributed by atoms with Gasteiger partial charge in [-0.05, 0) is 6.92 Å². The Morgan fingerprint density at radius 3 is 2.70 bits per heavy atom. The molecule has 2 atom stereocenters. The Balaban J connectivity index is 1.90. The smallest absolute Gasteiger partial charge is 0.215 e. The summed E-state index contributed by atoms with van der Waals surface area (Å²) in [7, 11) is -3.29. The van der Waals surface area contributed by atoms with Crippen LogP contribution in [0.4, 0.5) is 0 Å². The van der Waals surface area contributed by atoms with E-state index in [2.05, 4.69) is 10.2 Å². The zero-order valence-corrected chi connectivity index (χ0v) is 12.8. The summed E-state index contributed by atoms with van der Waals surface area (Å²) in [5.74, 6) is 0.134. The van der Waals surface area contributed by atoms with Crippen LogP contribution in [0.15, 0.2) is 0 Å². The van der Waals surface area contributed by atoms with Crippen LogP contribution in [0.3, 0.4) is 0 Å². The van der Waals surface area contributed by atoms with Gasteiger partial charge in [-0.25, -0.2) is 8.42 Å². The molecular weight excluding hydrogens is 282 g/mol. The van der Waals surface area contributed by atoms with Gasteiger partial charge in [-0.3, -0.25) is 4.90 Å². The van der Waals surface area contributed by atoms with E-state index >= 15 is 0 Å². The Labute approximate surface area is 120 Å². The summed E-state index contributed by atoms with van der Waals surface area (Å²) in [6.07, 6.45) is -0.403. The zero-order valence-electron chi connectivity index (χ0n) is 12.0. The van der Waals surface area contributed by atoms with E-state index in [4.69, 9.17) is 9.84 Å². The number of hydrogen-bond acceptors (Lipinski definition) is 6. The van der Waals surface area contributed by atoms with Crippen LogP contribution in [-0.2, 0) is 14.8 Å². The van der Waals surface area contributed by atoms with Gasteiger partial charge in [0.25, 0.3) is 0 Å². The number of nitrogens with zero attached hydrogens (tertiary/aromatic N) is 2. The fourth-order valence-electron chi connectivity index (χ4n) is 2.59. The Morgan fingerprint density at radius 2 is 2.05 bits per heavy atom. The van der Waals surface area contributed by atoms with Crippen LogP contribution < -0.4 is 5.32 Å². The van der Waals surface area contributed by atoms with Crippen molar-refractivity contribution in [3.63, 3.8) is 0 Å². The van der Waals surface area contributed by atoms with E-state index in [1.54, 1.807) is 0 Å². The van der Waals surface area contributed by atoms with Gasteiger partial charge in [0.2, 0.25) is 10.0 Å². The molecule has 0 aromatic carbocycles. The van der Waals surface area contributed by atoms with Gasteiger partial charge in [0.05, 0.1) is 25.1 Å². The van der Waals surface area contributed by atoms with Crippen LogP contribution in [0.2, 0.25) is 0 Å². The van der Waals surface area contributed by atoms with Crippen molar-refractivity contribution >= 4 is 10.0 Å². The predicted molar refractivity (Wildman–Crippen MR) is 76.1 cm³/mol.